The Balaban J connectivity index is 1.79. The minimum absolute atomic E-state index is 0.273. The van der Waals surface area contributed by atoms with E-state index in [2.05, 4.69) is 5.32 Å². The lowest BCUT2D eigenvalue weighted by Crippen LogP contribution is -2.42. The molecule has 0 bridgehead atoms. The molecule has 4 heteroatoms. The number of carboxylic acid groups (broad SMARTS) is 1. The average Bonchev–Trinajstić information content (AvgIpc) is 2.82. The Labute approximate surface area is 188 Å². The van der Waals surface area contributed by atoms with Crippen molar-refractivity contribution in [3.05, 3.63) is 113 Å². The molecule has 0 spiro atoms. The molecule has 1 aliphatic rings. The van der Waals surface area contributed by atoms with Gasteiger partial charge in [-0.05, 0) is 42.2 Å². The van der Waals surface area contributed by atoms with E-state index < -0.39 is 17.8 Å². The highest BCUT2D eigenvalue weighted by molar-refractivity contribution is 5.97. The monoisotopic (exact) mass is 425 g/mol. The van der Waals surface area contributed by atoms with Crippen LogP contribution in [0.1, 0.15) is 34.1 Å². The summed E-state index contributed by atoms with van der Waals surface area (Å²) in [6.07, 6.45) is 3.95. The summed E-state index contributed by atoms with van der Waals surface area (Å²) in [6, 6.07) is 25.0. The number of amides is 1. The Bertz CT molecular complexity index is 1140. The smallest absolute Gasteiger partial charge is 0.308 e. The van der Waals surface area contributed by atoms with Gasteiger partial charge in [-0.2, -0.15) is 0 Å². The van der Waals surface area contributed by atoms with Crippen molar-refractivity contribution in [2.75, 3.05) is 5.32 Å². The summed E-state index contributed by atoms with van der Waals surface area (Å²) >= 11 is 0. The number of nitrogens with one attached hydrogen (secondary N) is 1. The summed E-state index contributed by atoms with van der Waals surface area (Å²) in [5.74, 6) is -3.61. The molecule has 4 nitrogen and oxygen atoms in total. The number of anilines is 1. The quantitative estimate of drug-likeness (QED) is 0.516. The van der Waals surface area contributed by atoms with Gasteiger partial charge in [-0.1, -0.05) is 84.9 Å². The number of carboxylic acids is 1. The summed E-state index contributed by atoms with van der Waals surface area (Å²) in [7, 11) is 0. The first-order valence-electron chi connectivity index (χ1n) is 10.9. The topological polar surface area (TPSA) is 66.4 Å². The summed E-state index contributed by atoms with van der Waals surface area (Å²) in [6.45, 7) is 3.95. The van der Waals surface area contributed by atoms with Crippen LogP contribution in [-0.2, 0) is 9.59 Å². The van der Waals surface area contributed by atoms with Gasteiger partial charge in [-0.15, -0.1) is 0 Å². The molecule has 0 heterocycles. The minimum atomic E-state index is -0.967. The van der Waals surface area contributed by atoms with Gasteiger partial charge >= 0.3 is 5.97 Å². The standard InChI is InChI=1S/C28H27NO3/c1-18-10-9-15-24(19(18)2)29-27(30)25-22(20-11-5-3-6-12-20)16-17-23(26(25)28(31)32)21-13-7-4-8-14-21/h3-17,22-23,25-26H,1-2H3,(H,29,30)(H,31,32)/t22-,23+,25-,26-/m0/s1. The number of aryl methyl sites for hydroxylation is 1. The number of hydrogen-bond acceptors (Lipinski definition) is 2. The van der Waals surface area contributed by atoms with E-state index in [9.17, 15) is 14.7 Å². The lowest BCUT2D eigenvalue weighted by Gasteiger charge is -2.37. The van der Waals surface area contributed by atoms with E-state index in [1.807, 2.05) is 105 Å². The number of aliphatic carboxylic acids is 1. The zero-order valence-corrected chi connectivity index (χ0v) is 18.2. The van der Waals surface area contributed by atoms with Crippen LogP contribution in [0.15, 0.2) is 91.0 Å². The van der Waals surface area contributed by atoms with Gasteiger partial charge in [0.1, 0.15) is 0 Å². The van der Waals surface area contributed by atoms with Crippen LogP contribution in [0.2, 0.25) is 0 Å². The van der Waals surface area contributed by atoms with E-state index in [0.29, 0.717) is 0 Å². The van der Waals surface area contributed by atoms with Gasteiger partial charge < -0.3 is 10.4 Å². The number of carbonyl (C=O) groups excluding carboxylic acids is 1. The highest BCUT2D eigenvalue weighted by Crippen LogP contribution is 2.45. The summed E-state index contributed by atoms with van der Waals surface area (Å²) in [5.41, 5.74) is 4.60. The third-order valence-electron chi connectivity index (χ3n) is 6.51. The van der Waals surface area contributed by atoms with Crippen LogP contribution in [0.3, 0.4) is 0 Å². The molecule has 0 radical (unpaired) electrons. The van der Waals surface area contributed by atoms with Crippen LogP contribution < -0.4 is 5.32 Å². The van der Waals surface area contributed by atoms with Crippen molar-refractivity contribution in [3.63, 3.8) is 0 Å². The van der Waals surface area contributed by atoms with Crippen molar-refractivity contribution in [1.82, 2.24) is 0 Å². The van der Waals surface area contributed by atoms with Gasteiger partial charge in [0.2, 0.25) is 5.91 Å². The van der Waals surface area contributed by atoms with E-state index in [1.54, 1.807) is 0 Å². The Kier molecular flexibility index (Phi) is 6.22. The van der Waals surface area contributed by atoms with Gasteiger partial charge in [0.25, 0.3) is 0 Å². The van der Waals surface area contributed by atoms with Crippen LogP contribution in [0, 0.1) is 25.7 Å². The van der Waals surface area contributed by atoms with Crippen LogP contribution in [-0.4, -0.2) is 17.0 Å². The fourth-order valence-electron chi connectivity index (χ4n) is 4.65. The third kappa shape index (κ3) is 4.22. The van der Waals surface area contributed by atoms with E-state index in [0.717, 1.165) is 27.9 Å². The molecule has 4 rings (SSSR count). The molecule has 1 amide bonds. The lowest BCUT2D eigenvalue weighted by atomic mass is 9.66. The van der Waals surface area contributed by atoms with E-state index in [4.69, 9.17) is 0 Å². The number of carbonyl (C=O) groups is 2. The van der Waals surface area contributed by atoms with Crippen LogP contribution in [0.25, 0.3) is 0 Å². The van der Waals surface area contributed by atoms with Gasteiger partial charge in [-0.25, -0.2) is 0 Å². The van der Waals surface area contributed by atoms with Crippen molar-refractivity contribution in [3.8, 4) is 0 Å². The molecule has 0 aliphatic heterocycles. The number of benzene rings is 3. The maximum absolute atomic E-state index is 13.7. The number of allylic oxidation sites excluding steroid dienone is 2. The van der Waals surface area contributed by atoms with Crippen molar-refractivity contribution in [2.45, 2.75) is 25.7 Å². The lowest BCUT2D eigenvalue weighted by molar-refractivity contribution is -0.147. The average molecular weight is 426 g/mol. The van der Waals surface area contributed by atoms with Crippen molar-refractivity contribution in [1.29, 1.82) is 0 Å². The second-order valence-corrected chi connectivity index (χ2v) is 8.38. The fourth-order valence-corrected chi connectivity index (χ4v) is 4.65. The van der Waals surface area contributed by atoms with E-state index >= 15 is 0 Å². The van der Waals surface area contributed by atoms with Crippen molar-refractivity contribution < 1.29 is 14.7 Å². The molecule has 0 unspecified atom stereocenters. The molecule has 0 aromatic heterocycles. The number of rotatable bonds is 5. The second-order valence-electron chi connectivity index (χ2n) is 8.38. The molecule has 2 N–H and O–H groups in total. The van der Waals surface area contributed by atoms with Crippen LogP contribution in [0.5, 0.6) is 0 Å². The third-order valence-corrected chi connectivity index (χ3v) is 6.51. The Hall–Kier alpha value is -3.66. The zero-order chi connectivity index (χ0) is 22.7. The molecule has 1 aliphatic carbocycles. The van der Waals surface area contributed by atoms with Crippen molar-refractivity contribution in [2.24, 2.45) is 11.8 Å². The highest BCUT2D eigenvalue weighted by Gasteiger charge is 2.46. The molecule has 162 valence electrons. The first kappa shape index (κ1) is 21.6. The van der Waals surface area contributed by atoms with E-state index in [-0.39, 0.29) is 17.7 Å². The van der Waals surface area contributed by atoms with Gasteiger partial charge in [0.05, 0.1) is 11.8 Å². The Morgan fingerprint density at radius 1 is 0.719 bits per heavy atom. The number of hydrogen-bond donors (Lipinski definition) is 2. The first-order chi connectivity index (χ1) is 15.5. The highest BCUT2D eigenvalue weighted by atomic mass is 16.4. The molecule has 32 heavy (non-hydrogen) atoms. The zero-order valence-electron chi connectivity index (χ0n) is 18.2. The maximum Gasteiger partial charge on any atom is 0.308 e. The maximum atomic E-state index is 13.7. The largest absolute Gasteiger partial charge is 0.481 e. The molecule has 4 atom stereocenters. The predicted molar refractivity (Wildman–Crippen MR) is 127 cm³/mol. The van der Waals surface area contributed by atoms with Crippen LogP contribution >= 0.6 is 0 Å². The normalized spacial score (nSPS) is 22.3. The Morgan fingerprint density at radius 3 is 1.78 bits per heavy atom. The van der Waals surface area contributed by atoms with Crippen LogP contribution in [0.4, 0.5) is 5.69 Å². The molecule has 3 aromatic rings. The molecular weight excluding hydrogens is 398 g/mol. The van der Waals surface area contributed by atoms with Crippen molar-refractivity contribution >= 4 is 17.6 Å². The van der Waals surface area contributed by atoms with Gasteiger partial charge in [0.15, 0.2) is 0 Å². The summed E-state index contributed by atoms with van der Waals surface area (Å²) in [5, 5.41) is 13.3. The molecule has 3 aromatic carbocycles. The molecular formula is C28H27NO3. The second kappa shape index (κ2) is 9.23. The predicted octanol–water partition coefficient (Wildman–Crippen LogP) is 5.70. The fraction of sp³-hybridized carbons (Fsp3) is 0.214. The van der Waals surface area contributed by atoms with Gasteiger partial charge in [0, 0.05) is 17.5 Å². The molecule has 0 fully saturated rings. The minimum Gasteiger partial charge on any atom is -0.481 e. The molecule has 0 saturated heterocycles. The molecule has 0 saturated carbocycles. The first-order valence-corrected chi connectivity index (χ1v) is 10.9. The van der Waals surface area contributed by atoms with Gasteiger partial charge in [-0.3, -0.25) is 9.59 Å². The van der Waals surface area contributed by atoms with E-state index in [1.165, 1.54) is 0 Å². The Morgan fingerprint density at radius 2 is 1.25 bits per heavy atom. The SMILES string of the molecule is Cc1cccc(NC(=O)[C@@H]2[C@@H](C(=O)O)[C@@H](c3ccccc3)C=C[C@H]2c2ccccc2)c1C. The summed E-state index contributed by atoms with van der Waals surface area (Å²) in [4.78, 5) is 26.3. The summed E-state index contributed by atoms with van der Waals surface area (Å²) < 4.78 is 0.